The van der Waals surface area contributed by atoms with E-state index in [9.17, 15) is 9.90 Å². The van der Waals surface area contributed by atoms with Crippen molar-refractivity contribution in [3.05, 3.63) is 38.7 Å². The molecule has 5 heteroatoms. The predicted octanol–water partition coefficient (Wildman–Crippen LogP) is 2.17. The number of hydrogen-bond acceptors (Lipinski definition) is 5. The van der Waals surface area contributed by atoms with Crippen molar-refractivity contribution in [2.24, 2.45) is 0 Å². The maximum atomic E-state index is 11.9. The molecule has 1 N–H and O–H groups in total. The van der Waals surface area contributed by atoms with Crippen LogP contribution in [0.15, 0.2) is 15.3 Å². The van der Waals surface area contributed by atoms with Crippen LogP contribution in [0.4, 0.5) is 0 Å². The lowest BCUT2D eigenvalue weighted by molar-refractivity contribution is 0.147. The molecule has 5 nitrogen and oxygen atoms in total. The number of hydrogen-bond donors (Lipinski definition) is 1. The van der Waals surface area contributed by atoms with Crippen LogP contribution in [-0.2, 0) is 6.54 Å². The van der Waals surface area contributed by atoms with Crippen LogP contribution >= 0.6 is 0 Å². The predicted molar refractivity (Wildman–Crippen MR) is 91.1 cm³/mol. The first kappa shape index (κ1) is 16.0. The number of nitrogens with zero attached hydrogens (tertiary/aromatic N) is 2. The first-order valence-electron chi connectivity index (χ1n) is 8.05. The number of phenolic OH excluding ortho intramolecular Hbond substituents is 1. The maximum Gasteiger partial charge on any atom is 0.339 e. The zero-order valence-electron chi connectivity index (χ0n) is 14.3. The average Bonchev–Trinajstić information content (AvgIpc) is 2.53. The molecule has 0 saturated carbocycles. The van der Waals surface area contributed by atoms with Gasteiger partial charge in [-0.05, 0) is 39.4 Å². The first-order valence-corrected chi connectivity index (χ1v) is 8.05. The lowest BCUT2D eigenvalue weighted by Gasteiger charge is -2.32. The summed E-state index contributed by atoms with van der Waals surface area (Å²) < 4.78 is 5.41. The third kappa shape index (κ3) is 2.86. The van der Waals surface area contributed by atoms with E-state index >= 15 is 0 Å². The van der Waals surface area contributed by atoms with Crippen LogP contribution < -0.4 is 5.63 Å². The highest BCUT2D eigenvalue weighted by molar-refractivity contribution is 5.86. The molecule has 2 heterocycles. The Labute approximate surface area is 136 Å². The smallest absolute Gasteiger partial charge is 0.339 e. The molecule has 1 aromatic heterocycles. The van der Waals surface area contributed by atoms with Gasteiger partial charge in [0.05, 0.1) is 0 Å². The van der Waals surface area contributed by atoms with Crippen LogP contribution in [-0.4, -0.2) is 48.1 Å². The number of likely N-dealkylation sites (N-methyl/N-ethyl adjacent to an activating group) is 1. The van der Waals surface area contributed by atoms with Crippen molar-refractivity contribution in [1.82, 2.24) is 9.80 Å². The second-order valence-corrected chi connectivity index (χ2v) is 6.60. The van der Waals surface area contributed by atoms with E-state index in [-0.39, 0.29) is 11.4 Å². The van der Waals surface area contributed by atoms with E-state index in [1.165, 1.54) is 0 Å². The van der Waals surface area contributed by atoms with Gasteiger partial charge >= 0.3 is 5.63 Å². The minimum absolute atomic E-state index is 0.239. The van der Waals surface area contributed by atoms with E-state index in [2.05, 4.69) is 16.8 Å². The Balaban J connectivity index is 2.04. The summed E-state index contributed by atoms with van der Waals surface area (Å²) in [5.74, 6) is 0.239. The van der Waals surface area contributed by atoms with Crippen molar-refractivity contribution in [2.75, 3.05) is 33.2 Å². The molecular weight excluding hydrogens is 292 g/mol. The molecule has 2 aromatic rings. The Morgan fingerprint density at radius 2 is 1.74 bits per heavy atom. The molecule has 0 bridgehead atoms. The van der Waals surface area contributed by atoms with Gasteiger partial charge in [-0.15, -0.1) is 0 Å². The second-order valence-electron chi connectivity index (χ2n) is 6.60. The van der Waals surface area contributed by atoms with Gasteiger partial charge in [0.15, 0.2) is 0 Å². The van der Waals surface area contributed by atoms with Gasteiger partial charge in [0.25, 0.3) is 0 Å². The number of piperazine rings is 1. The molecule has 1 fully saturated rings. The fourth-order valence-corrected chi connectivity index (χ4v) is 3.16. The number of benzene rings is 1. The summed E-state index contributed by atoms with van der Waals surface area (Å²) >= 11 is 0. The third-order valence-corrected chi connectivity index (χ3v) is 5.02. The second kappa shape index (κ2) is 5.98. The highest BCUT2D eigenvalue weighted by Gasteiger charge is 2.19. The zero-order chi connectivity index (χ0) is 16.7. The monoisotopic (exact) mass is 316 g/mol. The van der Waals surface area contributed by atoms with Crippen molar-refractivity contribution in [3.8, 4) is 5.75 Å². The van der Waals surface area contributed by atoms with Crippen molar-refractivity contribution in [3.63, 3.8) is 0 Å². The molecule has 0 atom stereocenters. The normalized spacial score (nSPS) is 17.0. The van der Waals surface area contributed by atoms with Crippen LogP contribution in [0.3, 0.4) is 0 Å². The SMILES string of the molecule is Cc1c(C)c2cc(CN3CCN(C)CC3)c(O)c(C)c2oc1=O. The van der Waals surface area contributed by atoms with Crippen LogP contribution in [0, 0.1) is 20.8 Å². The molecule has 3 rings (SSSR count). The summed E-state index contributed by atoms with van der Waals surface area (Å²) in [6, 6.07) is 1.97. The van der Waals surface area contributed by atoms with Gasteiger partial charge in [-0.2, -0.15) is 0 Å². The standard InChI is InChI=1S/C18H24N2O3/c1-11-12(2)18(22)23-17-13(3)16(21)14(9-15(11)17)10-20-7-5-19(4)6-8-20/h9,21H,5-8,10H2,1-4H3. The number of aromatic hydroxyl groups is 1. The van der Waals surface area contributed by atoms with Crippen molar-refractivity contribution < 1.29 is 9.52 Å². The van der Waals surface area contributed by atoms with E-state index in [4.69, 9.17) is 4.42 Å². The molecule has 1 aliphatic heterocycles. The van der Waals surface area contributed by atoms with E-state index in [1.807, 2.05) is 19.9 Å². The van der Waals surface area contributed by atoms with Gasteiger partial charge in [-0.25, -0.2) is 4.79 Å². The fourth-order valence-electron chi connectivity index (χ4n) is 3.16. The van der Waals surface area contributed by atoms with Crippen LogP contribution in [0.2, 0.25) is 0 Å². The number of fused-ring (bicyclic) bond motifs is 1. The number of aryl methyl sites for hydroxylation is 2. The van der Waals surface area contributed by atoms with Gasteiger partial charge in [-0.1, -0.05) is 0 Å². The molecule has 23 heavy (non-hydrogen) atoms. The van der Waals surface area contributed by atoms with Crippen molar-refractivity contribution in [1.29, 1.82) is 0 Å². The van der Waals surface area contributed by atoms with Crippen LogP contribution in [0.1, 0.15) is 22.3 Å². The van der Waals surface area contributed by atoms with E-state index in [0.717, 1.165) is 42.7 Å². The van der Waals surface area contributed by atoms with Gasteiger partial charge in [-0.3, -0.25) is 4.90 Å². The van der Waals surface area contributed by atoms with Crippen molar-refractivity contribution >= 4 is 11.0 Å². The highest BCUT2D eigenvalue weighted by atomic mass is 16.4. The summed E-state index contributed by atoms with van der Waals surface area (Å²) in [6.45, 7) is 10.3. The Hall–Kier alpha value is -1.85. The Morgan fingerprint density at radius 1 is 1.09 bits per heavy atom. The van der Waals surface area contributed by atoms with E-state index in [1.54, 1.807) is 6.92 Å². The van der Waals surface area contributed by atoms with Gasteiger partial charge < -0.3 is 14.4 Å². The van der Waals surface area contributed by atoms with Crippen molar-refractivity contribution in [2.45, 2.75) is 27.3 Å². The summed E-state index contributed by atoms with van der Waals surface area (Å²) in [5, 5.41) is 11.4. The maximum absolute atomic E-state index is 11.9. The first-order chi connectivity index (χ1) is 10.9. The van der Waals surface area contributed by atoms with E-state index < -0.39 is 0 Å². The fraction of sp³-hybridized carbons (Fsp3) is 0.500. The molecule has 0 spiro atoms. The average molecular weight is 316 g/mol. The Bertz CT molecular complexity index is 802. The number of phenols is 1. The van der Waals surface area contributed by atoms with Gasteiger partial charge in [0, 0.05) is 54.8 Å². The summed E-state index contributed by atoms with van der Waals surface area (Å²) in [6.07, 6.45) is 0. The molecule has 124 valence electrons. The molecule has 1 aromatic carbocycles. The minimum Gasteiger partial charge on any atom is -0.507 e. The molecule has 1 aliphatic rings. The summed E-state index contributed by atoms with van der Waals surface area (Å²) in [5.41, 5.74) is 3.27. The molecule has 1 saturated heterocycles. The van der Waals surface area contributed by atoms with E-state index in [0.29, 0.717) is 23.3 Å². The zero-order valence-corrected chi connectivity index (χ0v) is 14.3. The minimum atomic E-state index is -0.329. The molecular formula is C18H24N2O3. The topological polar surface area (TPSA) is 56.9 Å². The van der Waals surface area contributed by atoms with Crippen LogP contribution in [0.5, 0.6) is 5.75 Å². The Morgan fingerprint density at radius 3 is 2.39 bits per heavy atom. The molecule has 0 aliphatic carbocycles. The largest absolute Gasteiger partial charge is 0.507 e. The molecule has 0 amide bonds. The highest BCUT2D eigenvalue weighted by Crippen LogP contribution is 2.33. The Kier molecular flexibility index (Phi) is 4.17. The number of rotatable bonds is 2. The summed E-state index contributed by atoms with van der Waals surface area (Å²) in [4.78, 5) is 16.5. The lowest BCUT2D eigenvalue weighted by atomic mass is 9.99. The van der Waals surface area contributed by atoms with Gasteiger partial charge in [0.2, 0.25) is 0 Å². The third-order valence-electron chi connectivity index (χ3n) is 5.02. The van der Waals surface area contributed by atoms with Gasteiger partial charge in [0.1, 0.15) is 11.3 Å². The molecule has 0 radical (unpaired) electrons. The van der Waals surface area contributed by atoms with Crippen LogP contribution in [0.25, 0.3) is 11.0 Å². The molecule has 0 unspecified atom stereocenters. The summed E-state index contributed by atoms with van der Waals surface area (Å²) in [7, 11) is 2.13. The lowest BCUT2D eigenvalue weighted by Crippen LogP contribution is -2.43. The quantitative estimate of drug-likeness (QED) is 0.861.